The average molecular weight is 297 g/mol. The van der Waals surface area contributed by atoms with Crippen LogP contribution in [0, 0.1) is 0 Å². The third-order valence-electron chi connectivity index (χ3n) is 3.65. The molecule has 1 heterocycles. The topological polar surface area (TPSA) is 24.9 Å². The van der Waals surface area contributed by atoms with E-state index in [0.717, 1.165) is 18.7 Å². The molecule has 0 bridgehead atoms. The molecule has 0 aliphatic carbocycles. The Morgan fingerprint density at radius 2 is 1.75 bits per heavy atom. The molecule has 2 nitrogen and oxygen atoms in total. The Morgan fingerprint density at radius 1 is 1.05 bits per heavy atom. The minimum atomic E-state index is 0.368. The fourth-order valence-corrected chi connectivity index (χ4v) is 2.61. The second-order valence-electron chi connectivity index (χ2n) is 5.42. The molecule has 114 valence electrons. The van der Waals surface area contributed by atoms with Gasteiger partial charge in [0.15, 0.2) is 0 Å². The van der Waals surface area contributed by atoms with Crippen molar-refractivity contribution in [2.24, 2.45) is 0 Å². The fourth-order valence-electron chi connectivity index (χ4n) is 2.50. The van der Waals surface area contributed by atoms with Crippen LogP contribution in [0.25, 0.3) is 0 Å². The number of nitrogens with one attached hydrogen (secondary N) is 1. The SMILES string of the molecule is CCCCCCCCCC(NCC)c1ccc(Cl)cn1. The van der Waals surface area contributed by atoms with E-state index < -0.39 is 0 Å². The summed E-state index contributed by atoms with van der Waals surface area (Å²) in [6.45, 7) is 5.39. The van der Waals surface area contributed by atoms with E-state index in [9.17, 15) is 0 Å². The minimum absolute atomic E-state index is 0.368. The molecule has 1 rings (SSSR count). The second kappa shape index (κ2) is 11.1. The van der Waals surface area contributed by atoms with Gasteiger partial charge in [0.1, 0.15) is 0 Å². The summed E-state index contributed by atoms with van der Waals surface area (Å²) in [4.78, 5) is 4.44. The summed E-state index contributed by atoms with van der Waals surface area (Å²) < 4.78 is 0. The number of unbranched alkanes of at least 4 members (excludes halogenated alkanes) is 6. The van der Waals surface area contributed by atoms with Crippen LogP contribution < -0.4 is 5.32 Å². The Hall–Kier alpha value is -0.600. The number of nitrogens with zero attached hydrogens (tertiary/aromatic N) is 1. The van der Waals surface area contributed by atoms with Crippen LogP contribution in [0.4, 0.5) is 0 Å². The lowest BCUT2D eigenvalue weighted by atomic mass is 10.0. The zero-order chi connectivity index (χ0) is 14.6. The number of halogens is 1. The van der Waals surface area contributed by atoms with Crippen molar-refractivity contribution in [3.05, 3.63) is 29.0 Å². The number of hydrogen-bond donors (Lipinski definition) is 1. The summed E-state index contributed by atoms with van der Waals surface area (Å²) >= 11 is 5.90. The molecule has 0 aliphatic heterocycles. The summed E-state index contributed by atoms with van der Waals surface area (Å²) in [6.07, 6.45) is 12.4. The Kier molecular flexibility index (Phi) is 9.69. The molecule has 3 heteroatoms. The molecule has 0 fully saturated rings. The van der Waals surface area contributed by atoms with Gasteiger partial charge in [0.2, 0.25) is 0 Å². The van der Waals surface area contributed by atoms with Crippen molar-refractivity contribution < 1.29 is 0 Å². The highest BCUT2D eigenvalue weighted by atomic mass is 35.5. The Bertz CT molecular complexity index is 337. The first kappa shape index (κ1) is 17.5. The van der Waals surface area contributed by atoms with E-state index in [0.29, 0.717) is 11.1 Å². The number of rotatable bonds is 11. The number of aromatic nitrogens is 1. The van der Waals surface area contributed by atoms with Gasteiger partial charge >= 0.3 is 0 Å². The molecule has 0 amide bonds. The lowest BCUT2D eigenvalue weighted by Crippen LogP contribution is -2.21. The van der Waals surface area contributed by atoms with Crippen molar-refractivity contribution in [2.75, 3.05) is 6.54 Å². The number of pyridine rings is 1. The van der Waals surface area contributed by atoms with Gasteiger partial charge in [-0.15, -0.1) is 0 Å². The molecule has 0 radical (unpaired) electrons. The van der Waals surface area contributed by atoms with Crippen LogP contribution in [0.1, 0.15) is 76.9 Å². The van der Waals surface area contributed by atoms with Crippen LogP contribution >= 0.6 is 11.6 Å². The normalized spacial score (nSPS) is 12.6. The highest BCUT2D eigenvalue weighted by molar-refractivity contribution is 6.30. The average Bonchev–Trinajstić information content (AvgIpc) is 2.46. The third kappa shape index (κ3) is 7.25. The van der Waals surface area contributed by atoms with Gasteiger partial charge in [-0.25, -0.2) is 0 Å². The molecular formula is C17H29ClN2. The van der Waals surface area contributed by atoms with Gasteiger partial charge in [0, 0.05) is 12.2 Å². The van der Waals surface area contributed by atoms with Crippen molar-refractivity contribution in [1.29, 1.82) is 0 Å². The maximum atomic E-state index is 5.90. The molecule has 1 unspecified atom stereocenters. The second-order valence-corrected chi connectivity index (χ2v) is 5.86. The molecule has 0 spiro atoms. The zero-order valence-electron chi connectivity index (χ0n) is 13.0. The molecular weight excluding hydrogens is 268 g/mol. The Morgan fingerprint density at radius 3 is 2.35 bits per heavy atom. The highest BCUT2D eigenvalue weighted by Gasteiger charge is 2.10. The van der Waals surface area contributed by atoms with E-state index in [4.69, 9.17) is 11.6 Å². The quantitative estimate of drug-likeness (QED) is 0.543. The Labute approximate surface area is 129 Å². The predicted molar refractivity (Wildman–Crippen MR) is 88.3 cm³/mol. The summed E-state index contributed by atoms with van der Waals surface area (Å²) in [6, 6.07) is 4.34. The summed E-state index contributed by atoms with van der Waals surface area (Å²) in [5.74, 6) is 0. The van der Waals surface area contributed by atoms with Gasteiger partial charge in [-0.3, -0.25) is 4.98 Å². The van der Waals surface area contributed by atoms with Gasteiger partial charge in [0.25, 0.3) is 0 Å². The molecule has 20 heavy (non-hydrogen) atoms. The largest absolute Gasteiger partial charge is 0.309 e. The molecule has 1 atom stereocenters. The molecule has 0 saturated heterocycles. The predicted octanol–water partition coefficient (Wildman–Crippen LogP) is 5.53. The lowest BCUT2D eigenvalue weighted by molar-refractivity contribution is 0.467. The van der Waals surface area contributed by atoms with E-state index in [1.807, 2.05) is 12.1 Å². The van der Waals surface area contributed by atoms with Crippen molar-refractivity contribution in [3.63, 3.8) is 0 Å². The lowest BCUT2D eigenvalue weighted by Gasteiger charge is -2.17. The van der Waals surface area contributed by atoms with E-state index in [1.165, 1.54) is 44.9 Å². The van der Waals surface area contributed by atoms with Crippen molar-refractivity contribution in [3.8, 4) is 0 Å². The molecule has 1 N–H and O–H groups in total. The van der Waals surface area contributed by atoms with E-state index in [1.54, 1.807) is 6.20 Å². The van der Waals surface area contributed by atoms with Crippen LogP contribution in [0.5, 0.6) is 0 Å². The number of hydrogen-bond acceptors (Lipinski definition) is 2. The van der Waals surface area contributed by atoms with Crippen LogP contribution in [-0.2, 0) is 0 Å². The molecule has 1 aromatic heterocycles. The standard InChI is InChI=1S/C17H29ClN2/c1-3-5-6-7-8-9-10-11-16(19-4-2)17-13-12-15(18)14-20-17/h12-14,16,19H,3-11H2,1-2H3. The van der Waals surface area contributed by atoms with Crippen LogP contribution in [0.15, 0.2) is 18.3 Å². The smallest absolute Gasteiger partial charge is 0.0589 e. The minimum Gasteiger partial charge on any atom is -0.309 e. The van der Waals surface area contributed by atoms with E-state index in [2.05, 4.69) is 24.1 Å². The molecule has 0 aromatic carbocycles. The van der Waals surface area contributed by atoms with Crippen LogP contribution in [0.3, 0.4) is 0 Å². The van der Waals surface area contributed by atoms with Crippen molar-refractivity contribution in [1.82, 2.24) is 10.3 Å². The maximum absolute atomic E-state index is 5.90. The molecule has 1 aromatic rings. The first-order valence-corrected chi connectivity index (χ1v) is 8.50. The summed E-state index contributed by atoms with van der Waals surface area (Å²) in [5, 5.41) is 4.23. The van der Waals surface area contributed by atoms with Crippen molar-refractivity contribution >= 4 is 11.6 Å². The van der Waals surface area contributed by atoms with E-state index >= 15 is 0 Å². The fraction of sp³-hybridized carbons (Fsp3) is 0.706. The molecule has 0 saturated carbocycles. The van der Waals surface area contributed by atoms with Gasteiger partial charge in [-0.2, -0.15) is 0 Å². The summed E-state index contributed by atoms with van der Waals surface area (Å²) in [7, 11) is 0. The van der Waals surface area contributed by atoms with Crippen LogP contribution in [0.2, 0.25) is 5.02 Å². The van der Waals surface area contributed by atoms with Gasteiger partial charge in [-0.05, 0) is 25.1 Å². The van der Waals surface area contributed by atoms with Gasteiger partial charge in [0.05, 0.1) is 10.7 Å². The maximum Gasteiger partial charge on any atom is 0.0589 e. The highest BCUT2D eigenvalue weighted by Crippen LogP contribution is 2.20. The first-order valence-electron chi connectivity index (χ1n) is 8.12. The zero-order valence-corrected chi connectivity index (χ0v) is 13.8. The van der Waals surface area contributed by atoms with Gasteiger partial charge < -0.3 is 5.32 Å². The van der Waals surface area contributed by atoms with E-state index in [-0.39, 0.29) is 0 Å². The van der Waals surface area contributed by atoms with Crippen molar-refractivity contribution in [2.45, 2.75) is 71.3 Å². The third-order valence-corrected chi connectivity index (χ3v) is 3.88. The Balaban J connectivity index is 2.27. The molecule has 0 aliphatic rings. The van der Waals surface area contributed by atoms with Crippen LogP contribution in [-0.4, -0.2) is 11.5 Å². The first-order chi connectivity index (χ1) is 9.77. The van der Waals surface area contributed by atoms with Gasteiger partial charge in [-0.1, -0.05) is 70.4 Å². The monoisotopic (exact) mass is 296 g/mol. The summed E-state index contributed by atoms with van der Waals surface area (Å²) in [5.41, 5.74) is 1.11.